The van der Waals surface area contributed by atoms with Crippen LogP contribution >= 0.6 is 0 Å². The number of hydrogen-bond donors (Lipinski definition) is 0. The standard InChI is InChI=1S/C18H23N3O2/c1-14-11-17(20-18(19-14)21-9-4-3-5-10-21)23-13-15-7-6-8-16(12-15)22-2/h6-8,11-12H,3-5,9-10,13H2,1-2H3. The van der Waals surface area contributed by atoms with E-state index in [9.17, 15) is 0 Å². The highest BCUT2D eigenvalue weighted by Gasteiger charge is 2.15. The molecule has 1 fully saturated rings. The third-order valence-electron chi connectivity index (χ3n) is 3.98. The van der Waals surface area contributed by atoms with Crippen molar-refractivity contribution in [1.29, 1.82) is 0 Å². The van der Waals surface area contributed by atoms with Crippen molar-refractivity contribution >= 4 is 5.95 Å². The minimum absolute atomic E-state index is 0.465. The lowest BCUT2D eigenvalue weighted by Gasteiger charge is -2.27. The molecule has 0 spiro atoms. The second kappa shape index (κ2) is 7.31. The molecular weight excluding hydrogens is 290 g/mol. The molecule has 0 radical (unpaired) electrons. The van der Waals surface area contributed by atoms with Gasteiger partial charge in [0.05, 0.1) is 7.11 Å². The van der Waals surface area contributed by atoms with Crippen LogP contribution in [0.2, 0.25) is 0 Å². The van der Waals surface area contributed by atoms with Crippen molar-refractivity contribution in [2.24, 2.45) is 0 Å². The van der Waals surface area contributed by atoms with Crippen molar-refractivity contribution in [2.75, 3.05) is 25.1 Å². The van der Waals surface area contributed by atoms with Crippen molar-refractivity contribution < 1.29 is 9.47 Å². The molecule has 1 aliphatic rings. The molecule has 1 saturated heterocycles. The predicted octanol–water partition coefficient (Wildman–Crippen LogP) is 3.36. The van der Waals surface area contributed by atoms with Gasteiger partial charge in [-0.05, 0) is 43.9 Å². The minimum Gasteiger partial charge on any atom is -0.497 e. The summed E-state index contributed by atoms with van der Waals surface area (Å²) in [6, 6.07) is 9.75. The average molecular weight is 313 g/mol. The van der Waals surface area contributed by atoms with Crippen LogP contribution in [0.4, 0.5) is 5.95 Å². The lowest BCUT2D eigenvalue weighted by molar-refractivity contribution is 0.292. The largest absolute Gasteiger partial charge is 0.497 e. The summed E-state index contributed by atoms with van der Waals surface area (Å²) in [7, 11) is 1.67. The number of hydrogen-bond acceptors (Lipinski definition) is 5. The third-order valence-corrected chi connectivity index (χ3v) is 3.98. The first-order chi connectivity index (χ1) is 11.2. The molecular formula is C18H23N3O2. The van der Waals surface area contributed by atoms with E-state index in [1.54, 1.807) is 7.11 Å². The smallest absolute Gasteiger partial charge is 0.228 e. The molecule has 0 N–H and O–H groups in total. The average Bonchev–Trinajstić information content (AvgIpc) is 2.60. The summed E-state index contributed by atoms with van der Waals surface area (Å²) < 4.78 is 11.1. The Morgan fingerprint density at radius 2 is 1.91 bits per heavy atom. The van der Waals surface area contributed by atoms with E-state index >= 15 is 0 Å². The topological polar surface area (TPSA) is 47.5 Å². The first kappa shape index (κ1) is 15.6. The molecule has 1 aromatic carbocycles. The Labute approximate surface area is 137 Å². The van der Waals surface area contributed by atoms with Gasteiger partial charge < -0.3 is 14.4 Å². The van der Waals surface area contributed by atoms with Crippen LogP contribution < -0.4 is 14.4 Å². The van der Waals surface area contributed by atoms with Gasteiger partial charge in [0.15, 0.2) is 0 Å². The fourth-order valence-electron chi connectivity index (χ4n) is 2.75. The lowest BCUT2D eigenvalue weighted by atomic mass is 10.1. The van der Waals surface area contributed by atoms with Gasteiger partial charge in [-0.15, -0.1) is 0 Å². The SMILES string of the molecule is COc1cccc(COc2cc(C)nc(N3CCCCC3)n2)c1. The van der Waals surface area contributed by atoms with Crippen LogP contribution in [0, 0.1) is 6.92 Å². The van der Waals surface area contributed by atoms with E-state index in [0.717, 1.165) is 36.0 Å². The maximum atomic E-state index is 5.87. The third kappa shape index (κ3) is 4.12. The Hall–Kier alpha value is -2.30. The molecule has 2 aromatic rings. The maximum absolute atomic E-state index is 5.87. The summed E-state index contributed by atoms with van der Waals surface area (Å²) >= 11 is 0. The molecule has 3 rings (SSSR count). The van der Waals surface area contributed by atoms with Crippen molar-refractivity contribution in [1.82, 2.24) is 9.97 Å². The zero-order chi connectivity index (χ0) is 16.1. The summed E-state index contributed by atoms with van der Waals surface area (Å²) in [6.07, 6.45) is 3.70. The van der Waals surface area contributed by atoms with Crippen LogP contribution in [0.15, 0.2) is 30.3 Å². The number of nitrogens with zero attached hydrogens (tertiary/aromatic N) is 3. The van der Waals surface area contributed by atoms with Crippen LogP contribution in [0.5, 0.6) is 11.6 Å². The number of aromatic nitrogens is 2. The number of ether oxygens (including phenoxy) is 2. The van der Waals surface area contributed by atoms with E-state index in [1.807, 2.05) is 37.3 Å². The van der Waals surface area contributed by atoms with Gasteiger partial charge in [0.1, 0.15) is 12.4 Å². The Balaban J connectivity index is 1.70. The fourth-order valence-corrected chi connectivity index (χ4v) is 2.75. The molecule has 0 saturated carbocycles. The van der Waals surface area contributed by atoms with Crippen LogP contribution in [-0.2, 0) is 6.61 Å². The lowest BCUT2D eigenvalue weighted by Crippen LogP contribution is -2.31. The van der Waals surface area contributed by atoms with Crippen LogP contribution in [-0.4, -0.2) is 30.2 Å². The first-order valence-electron chi connectivity index (χ1n) is 8.11. The predicted molar refractivity (Wildman–Crippen MR) is 90.2 cm³/mol. The number of rotatable bonds is 5. The zero-order valence-corrected chi connectivity index (χ0v) is 13.8. The molecule has 0 bridgehead atoms. The van der Waals surface area contributed by atoms with Crippen LogP contribution in [0.1, 0.15) is 30.5 Å². The van der Waals surface area contributed by atoms with Gasteiger partial charge in [0.2, 0.25) is 11.8 Å². The normalized spacial score (nSPS) is 14.6. The molecule has 0 unspecified atom stereocenters. The molecule has 2 heterocycles. The molecule has 122 valence electrons. The first-order valence-corrected chi connectivity index (χ1v) is 8.11. The van der Waals surface area contributed by atoms with Crippen molar-refractivity contribution in [3.63, 3.8) is 0 Å². The monoisotopic (exact) mass is 313 g/mol. The quantitative estimate of drug-likeness (QED) is 0.847. The number of anilines is 1. The van der Waals surface area contributed by atoms with E-state index in [0.29, 0.717) is 12.5 Å². The molecule has 0 aliphatic carbocycles. The Bertz CT molecular complexity index is 654. The summed E-state index contributed by atoms with van der Waals surface area (Å²) in [6.45, 7) is 4.50. The summed E-state index contributed by atoms with van der Waals surface area (Å²) in [5.74, 6) is 2.24. The van der Waals surface area contributed by atoms with E-state index in [1.165, 1.54) is 19.3 Å². The van der Waals surface area contributed by atoms with E-state index < -0.39 is 0 Å². The van der Waals surface area contributed by atoms with Crippen molar-refractivity contribution in [2.45, 2.75) is 32.8 Å². The van der Waals surface area contributed by atoms with Gasteiger partial charge in [-0.25, -0.2) is 4.98 Å². The van der Waals surface area contributed by atoms with Gasteiger partial charge in [-0.3, -0.25) is 0 Å². The van der Waals surface area contributed by atoms with Crippen LogP contribution in [0.25, 0.3) is 0 Å². The highest BCUT2D eigenvalue weighted by Crippen LogP contribution is 2.21. The Kier molecular flexibility index (Phi) is 4.95. The number of methoxy groups -OCH3 is 1. The minimum atomic E-state index is 0.465. The van der Waals surface area contributed by atoms with E-state index in [2.05, 4.69) is 14.9 Å². The van der Waals surface area contributed by atoms with Crippen molar-refractivity contribution in [3.05, 3.63) is 41.6 Å². The van der Waals surface area contributed by atoms with E-state index in [4.69, 9.17) is 9.47 Å². The Morgan fingerprint density at radius 1 is 1.09 bits per heavy atom. The molecule has 0 amide bonds. The second-order valence-electron chi connectivity index (χ2n) is 5.84. The van der Waals surface area contributed by atoms with Crippen molar-refractivity contribution in [3.8, 4) is 11.6 Å². The van der Waals surface area contributed by atoms with Gasteiger partial charge >= 0.3 is 0 Å². The summed E-state index contributed by atoms with van der Waals surface area (Å²) in [5, 5.41) is 0. The van der Waals surface area contributed by atoms with Gasteiger partial charge in [-0.1, -0.05) is 12.1 Å². The summed E-state index contributed by atoms with van der Waals surface area (Å²) in [5.41, 5.74) is 1.99. The molecule has 1 aromatic heterocycles. The van der Waals surface area contributed by atoms with Gasteiger partial charge in [0, 0.05) is 24.8 Å². The van der Waals surface area contributed by atoms with Gasteiger partial charge in [-0.2, -0.15) is 4.98 Å². The molecule has 23 heavy (non-hydrogen) atoms. The highest BCUT2D eigenvalue weighted by molar-refractivity contribution is 5.35. The molecule has 5 nitrogen and oxygen atoms in total. The second-order valence-corrected chi connectivity index (χ2v) is 5.84. The molecule has 1 aliphatic heterocycles. The number of piperidine rings is 1. The fraction of sp³-hybridized carbons (Fsp3) is 0.444. The number of aryl methyl sites for hydroxylation is 1. The highest BCUT2D eigenvalue weighted by atomic mass is 16.5. The zero-order valence-electron chi connectivity index (χ0n) is 13.8. The number of benzene rings is 1. The van der Waals surface area contributed by atoms with Gasteiger partial charge in [0.25, 0.3) is 0 Å². The maximum Gasteiger partial charge on any atom is 0.228 e. The molecule has 0 atom stereocenters. The summed E-state index contributed by atoms with van der Waals surface area (Å²) in [4.78, 5) is 11.4. The Morgan fingerprint density at radius 3 is 2.70 bits per heavy atom. The van der Waals surface area contributed by atoms with E-state index in [-0.39, 0.29) is 0 Å². The molecule has 5 heteroatoms. The van der Waals surface area contributed by atoms with Crippen LogP contribution in [0.3, 0.4) is 0 Å².